The van der Waals surface area contributed by atoms with Crippen molar-refractivity contribution in [3.05, 3.63) is 53.6 Å². The summed E-state index contributed by atoms with van der Waals surface area (Å²) in [6.07, 6.45) is 1.78. The van der Waals surface area contributed by atoms with Crippen LogP contribution in [-0.4, -0.2) is 63.6 Å². The highest BCUT2D eigenvalue weighted by molar-refractivity contribution is 5.90. The SMILES string of the molecule is CN1CC[C@@]2(C)c3cc(O)ccc3C[C@@H]1[C@@H]2N(C)C(=O)Nc1nc2ccccc2[nH]1. The smallest absolute Gasteiger partial charge is 0.324 e. The van der Waals surface area contributed by atoms with E-state index in [0.717, 1.165) is 36.0 Å². The van der Waals surface area contributed by atoms with Crippen molar-refractivity contribution in [3.8, 4) is 5.75 Å². The Hall–Kier alpha value is -3.06. The monoisotopic (exact) mass is 405 g/mol. The fourth-order valence-corrected chi connectivity index (χ4v) is 5.46. The van der Waals surface area contributed by atoms with E-state index in [0.29, 0.717) is 5.95 Å². The third-order valence-electron chi connectivity index (χ3n) is 7.06. The fourth-order valence-electron chi connectivity index (χ4n) is 5.46. The van der Waals surface area contributed by atoms with Gasteiger partial charge >= 0.3 is 6.03 Å². The van der Waals surface area contributed by atoms with Crippen LogP contribution >= 0.6 is 0 Å². The second kappa shape index (κ2) is 6.74. The predicted molar refractivity (Wildman–Crippen MR) is 117 cm³/mol. The number of imidazole rings is 1. The van der Waals surface area contributed by atoms with Gasteiger partial charge in [-0.05, 0) is 61.8 Å². The standard InChI is InChI=1S/C23H27N5O2/c1-23-10-11-27(2)19(12-14-8-9-15(29)13-16(14)23)20(23)28(3)22(30)26-21-24-17-6-4-5-7-18(17)25-21/h4-9,13,19-20,29H,10-12H2,1-3H3,(H2,24,25,26,30)/t19-,20+,23+/m1/s1. The molecule has 3 aromatic rings. The number of piperidine rings is 1. The predicted octanol–water partition coefficient (Wildman–Crippen LogP) is 3.32. The minimum atomic E-state index is -0.233. The molecule has 3 N–H and O–H groups in total. The van der Waals surface area contributed by atoms with Crippen LogP contribution in [-0.2, 0) is 11.8 Å². The maximum atomic E-state index is 13.2. The van der Waals surface area contributed by atoms with Gasteiger partial charge in [0.05, 0.1) is 17.1 Å². The van der Waals surface area contributed by atoms with Gasteiger partial charge in [-0.3, -0.25) is 5.32 Å². The van der Waals surface area contributed by atoms with Crippen LogP contribution in [0.25, 0.3) is 11.0 Å². The molecule has 0 unspecified atom stereocenters. The molecule has 1 aliphatic heterocycles. The van der Waals surface area contributed by atoms with Crippen molar-refractivity contribution in [2.45, 2.75) is 37.3 Å². The number of aromatic nitrogens is 2. The van der Waals surface area contributed by atoms with Gasteiger partial charge in [-0.15, -0.1) is 0 Å². The number of carbonyl (C=O) groups is 1. The highest BCUT2D eigenvalue weighted by atomic mass is 16.3. The fraction of sp³-hybridized carbons (Fsp3) is 0.391. The van der Waals surface area contributed by atoms with Gasteiger partial charge in [0.25, 0.3) is 0 Å². The van der Waals surface area contributed by atoms with Crippen LogP contribution in [0.5, 0.6) is 5.75 Å². The number of hydrogen-bond donors (Lipinski definition) is 3. The van der Waals surface area contributed by atoms with Gasteiger partial charge < -0.3 is 19.9 Å². The second-order valence-corrected chi connectivity index (χ2v) is 8.85. The van der Waals surface area contributed by atoms with Crippen LogP contribution in [0.1, 0.15) is 24.5 Å². The van der Waals surface area contributed by atoms with Crippen molar-refractivity contribution in [3.63, 3.8) is 0 Å². The first kappa shape index (κ1) is 18.9. The number of aromatic amines is 1. The Morgan fingerprint density at radius 1 is 1.33 bits per heavy atom. The van der Waals surface area contributed by atoms with Gasteiger partial charge in [0.2, 0.25) is 5.95 Å². The zero-order valence-corrected chi connectivity index (χ0v) is 17.5. The molecule has 7 heteroatoms. The van der Waals surface area contributed by atoms with E-state index >= 15 is 0 Å². The van der Waals surface area contributed by atoms with Crippen LogP contribution in [0, 0.1) is 0 Å². The Bertz CT molecular complexity index is 1090. The lowest BCUT2D eigenvalue weighted by Crippen LogP contribution is -2.67. The van der Waals surface area contributed by atoms with Gasteiger partial charge in [0.1, 0.15) is 5.75 Å². The van der Waals surface area contributed by atoms with Gasteiger partial charge in [0, 0.05) is 18.5 Å². The van der Waals surface area contributed by atoms with Crippen molar-refractivity contribution < 1.29 is 9.90 Å². The molecule has 2 aliphatic rings. The summed E-state index contributed by atoms with van der Waals surface area (Å²) in [7, 11) is 3.99. The van der Waals surface area contributed by atoms with Crippen LogP contribution < -0.4 is 5.32 Å². The van der Waals surface area contributed by atoms with Crippen LogP contribution in [0.15, 0.2) is 42.5 Å². The zero-order chi connectivity index (χ0) is 21.0. The lowest BCUT2D eigenvalue weighted by Gasteiger charge is -2.57. The number of anilines is 1. The molecule has 2 bridgehead atoms. The third kappa shape index (κ3) is 2.84. The summed E-state index contributed by atoms with van der Waals surface area (Å²) >= 11 is 0. The molecule has 5 rings (SSSR count). The number of nitrogens with one attached hydrogen (secondary N) is 2. The minimum absolute atomic E-state index is 0.0186. The molecule has 156 valence electrons. The summed E-state index contributed by atoms with van der Waals surface area (Å²) in [5.41, 5.74) is 3.89. The number of phenolic OH excluding ortho intramolecular Hbond substituents is 1. The molecule has 1 aliphatic carbocycles. The van der Waals surface area contributed by atoms with Gasteiger partial charge in [-0.1, -0.05) is 25.1 Å². The number of amides is 2. The van der Waals surface area contributed by atoms with Crippen molar-refractivity contribution in [2.24, 2.45) is 0 Å². The van der Waals surface area contributed by atoms with E-state index < -0.39 is 0 Å². The topological polar surface area (TPSA) is 84.5 Å². The highest BCUT2D eigenvalue weighted by Crippen LogP contribution is 2.47. The van der Waals surface area contributed by atoms with Crippen LogP contribution in [0.2, 0.25) is 0 Å². The maximum absolute atomic E-state index is 13.2. The Kier molecular flexibility index (Phi) is 4.25. The molecule has 1 fully saturated rings. The number of H-pyrrole nitrogens is 1. The number of fused-ring (bicyclic) bond motifs is 5. The number of aromatic hydroxyl groups is 1. The van der Waals surface area contributed by atoms with E-state index in [4.69, 9.17) is 0 Å². The summed E-state index contributed by atoms with van der Waals surface area (Å²) in [5.74, 6) is 0.728. The molecule has 1 saturated heterocycles. The molecule has 7 nitrogen and oxygen atoms in total. The number of nitrogens with zero attached hydrogens (tertiary/aromatic N) is 3. The van der Waals surface area contributed by atoms with Crippen molar-refractivity contribution >= 4 is 23.0 Å². The van der Waals surface area contributed by atoms with E-state index in [1.54, 1.807) is 6.07 Å². The molecule has 2 amide bonds. The van der Waals surface area contributed by atoms with Gasteiger partial charge in [0.15, 0.2) is 0 Å². The average Bonchev–Trinajstić information content (AvgIpc) is 3.13. The molecular formula is C23H27N5O2. The number of carbonyl (C=O) groups excluding carboxylic acids is 1. The van der Waals surface area contributed by atoms with Crippen molar-refractivity contribution in [1.82, 2.24) is 19.8 Å². The first-order valence-electron chi connectivity index (χ1n) is 10.4. The molecule has 1 aromatic heterocycles. The van der Waals surface area contributed by atoms with E-state index in [-0.39, 0.29) is 29.3 Å². The normalized spacial score (nSPS) is 25.7. The van der Waals surface area contributed by atoms with E-state index in [9.17, 15) is 9.90 Å². The molecular weight excluding hydrogens is 378 g/mol. The van der Waals surface area contributed by atoms with Crippen LogP contribution in [0.3, 0.4) is 0 Å². The Morgan fingerprint density at radius 2 is 2.13 bits per heavy atom. The van der Waals surface area contributed by atoms with E-state index in [1.165, 1.54) is 5.56 Å². The zero-order valence-electron chi connectivity index (χ0n) is 17.5. The van der Waals surface area contributed by atoms with Crippen molar-refractivity contribution in [2.75, 3.05) is 26.0 Å². The molecule has 0 saturated carbocycles. The molecule has 2 heterocycles. The minimum Gasteiger partial charge on any atom is -0.508 e. The number of benzene rings is 2. The average molecular weight is 406 g/mol. The molecule has 0 spiro atoms. The molecule has 3 atom stereocenters. The molecule has 0 radical (unpaired) electrons. The molecule has 30 heavy (non-hydrogen) atoms. The summed E-state index contributed by atoms with van der Waals surface area (Å²) in [4.78, 5) is 25.0. The number of para-hydroxylation sites is 2. The van der Waals surface area contributed by atoms with Crippen molar-refractivity contribution in [1.29, 1.82) is 0 Å². The summed E-state index contributed by atoms with van der Waals surface area (Å²) in [6.45, 7) is 3.19. The maximum Gasteiger partial charge on any atom is 0.324 e. The van der Waals surface area contributed by atoms with E-state index in [2.05, 4.69) is 34.2 Å². The number of likely N-dealkylation sites (tertiary alicyclic amines) is 1. The Balaban J connectivity index is 1.47. The first-order chi connectivity index (χ1) is 14.4. The second-order valence-electron chi connectivity index (χ2n) is 8.85. The number of likely N-dealkylation sites (N-methyl/N-ethyl adjacent to an activating group) is 2. The lowest BCUT2D eigenvalue weighted by molar-refractivity contribution is 0.0213. The lowest BCUT2D eigenvalue weighted by atomic mass is 9.61. The third-order valence-corrected chi connectivity index (χ3v) is 7.06. The molecule has 2 aromatic carbocycles. The first-order valence-corrected chi connectivity index (χ1v) is 10.4. The van der Waals surface area contributed by atoms with Gasteiger partial charge in [-0.25, -0.2) is 9.78 Å². The summed E-state index contributed by atoms with van der Waals surface area (Å²) in [6, 6.07) is 13.4. The Morgan fingerprint density at radius 3 is 2.93 bits per heavy atom. The van der Waals surface area contributed by atoms with E-state index in [1.807, 2.05) is 48.3 Å². The summed E-state index contributed by atoms with van der Waals surface area (Å²) < 4.78 is 0. The highest BCUT2D eigenvalue weighted by Gasteiger charge is 2.52. The number of hydrogen-bond acceptors (Lipinski definition) is 4. The largest absolute Gasteiger partial charge is 0.508 e. The van der Waals surface area contributed by atoms with Crippen LogP contribution in [0.4, 0.5) is 10.7 Å². The summed E-state index contributed by atoms with van der Waals surface area (Å²) in [5, 5.41) is 13.1. The Labute approximate surface area is 175 Å². The number of phenols is 1. The number of urea groups is 1. The quantitative estimate of drug-likeness (QED) is 0.611. The number of rotatable bonds is 2. The van der Waals surface area contributed by atoms with Gasteiger partial charge in [-0.2, -0.15) is 0 Å².